The van der Waals surface area contributed by atoms with E-state index < -0.39 is 0 Å². The molecule has 0 aliphatic heterocycles. The Morgan fingerprint density at radius 1 is 1.32 bits per heavy atom. The van der Waals surface area contributed by atoms with Crippen molar-refractivity contribution in [3.05, 3.63) is 10.5 Å². The molecule has 0 saturated heterocycles. The molecule has 0 unspecified atom stereocenters. The number of nitrogens with one attached hydrogen (secondary N) is 1. The van der Waals surface area contributed by atoms with Crippen LogP contribution in [0.5, 0.6) is 0 Å². The van der Waals surface area contributed by atoms with Gasteiger partial charge >= 0.3 is 0 Å². The van der Waals surface area contributed by atoms with E-state index in [-0.39, 0.29) is 0 Å². The van der Waals surface area contributed by atoms with Crippen molar-refractivity contribution in [2.45, 2.75) is 39.2 Å². The maximum atomic E-state index is 5.52. The summed E-state index contributed by atoms with van der Waals surface area (Å²) in [5, 5.41) is 4.50. The van der Waals surface area contributed by atoms with Crippen LogP contribution in [0, 0.1) is 29.4 Å². The molecule has 1 N–H and O–H groups in total. The van der Waals surface area contributed by atoms with Crippen LogP contribution in [0.2, 0.25) is 0 Å². The maximum Gasteiger partial charge on any atom is 0.179 e. The number of aromatic amines is 1. The highest BCUT2D eigenvalue weighted by Crippen LogP contribution is 2.50. The highest BCUT2D eigenvalue weighted by atomic mass is 32.1. The Labute approximate surface area is 117 Å². The Bertz CT molecular complexity index is 672. The normalized spacial score (nSPS) is 19.7. The second kappa shape index (κ2) is 3.95. The van der Waals surface area contributed by atoms with Gasteiger partial charge in [-0.05, 0) is 62.6 Å². The van der Waals surface area contributed by atoms with Gasteiger partial charge in [-0.15, -0.1) is 0 Å². The molecular weight excluding hydrogens is 256 g/mol. The molecule has 2 aliphatic carbocycles. The number of rotatable bonds is 4. The molecule has 0 amide bonds. The summed E-state index contributed by atoms with van der Waals surface area (Å²) in [4.78, 5) is 3.33. The first-order valence-corrected chi connectivity index (χ1v) is 7.68. The standard InChI is InChI=1S/C14H20N4S/c1-8-12-13(17(2)16-8)18(14(19)15-12)7-11(9-3-4-9)10-5-6-10/h9-11H,3-7H2,1-2H3,(H,15,19). The molecule has 4 nitrogen and oxygen atoms in total. The first-order valence-electron chi connectivity index (χ1n) is 7.27. The third kappa shape index (κ3) is 1.86. The second-order valence-corrected chi connectivity index (χ2v) is 6.67. The van der Waals surface area contributed by atoms with E-state index in [1.54, 1.807) is 0 Å². The number of aryl methyl sites for hydroxylation is 2. The van der Waals surface area contributed by atoms with E-state index >= 15 is 0 Å². The van der Waals surface area contributed by atoms with Gasteiger partial charge in [-0.25, -0.2) is 0 Å². The van der Waals surface area contributed by atoms with Gasteiger partial charge in [0.05, 0.1) is 5.69 Å². The van der Waals surface area contributed by atoms with Crippen molar-refractivity contribution in [1.29, 1.82) is 0 Å². The van der Waals surface area contributed by atoms with Crippen molar-refractivity contribution in [2.75, 3.05) is 0 Å². The molecule has 102 valence electrons. The van der Waals surface area contributed by atoms with Crippen molar-refractivity contribution in [3.63, 3.8) is 0 Å². The molecule has 2 aliphatic rings. The van der Waals surface area contributed by atoms with E-state index in [9.17, 15) is 0 Å². The maximum absolute atomic E-state index is 5.52. The number of aromatic nitrogens is 4. The van der Waals surface area contributed by atoms with Crippen LogP contribution in [0.25, 0.3) is 11.2 Å². The van der Waals surface area contributed by atoms with E-state index in [0.717, 1.165) is 45.9 Å². The van der Waals surface area contributed by atoms with Gasteiger partial charge in [0.15, 0.2) is 10.4 Å². The molecule has 4 rings (SSSR count). The zero-order chi connectivity index (χ0) is 13.1. The van der Waals surface area contributed by atoms with Gasteiger partial charge < -0.3 is 9.55 Å². The lowest BCUT2D eigenvalue weighted by atomic mass is 9.98. The van der Waals surface area contributed by atoms with Gasteiger partial charge in [0.1, 0.15) is 5.52 Å². The van der Waals surface area contributed by atoms with Crippen LogP contribution in [0.3, 0.4) is 0 Å². The van der Waals surface area contributed by atoms with E-state index in [1.807, 2.05) is 18.7 Å². The highest BCUT2D eigenvalue weighted by Gasteiger charge is 2.41. The fraction of sp³-hybridized carbons (Fsp3) is 0.714. The minimum absolute atomic E-state index is 0.834. The summed E-state index contributed by atoms with van der Waals surface area (Å²) in [7, 11) is 2.01. The average Bonchev–Trinajstić information content (AvgIpc) is 3.25. The van der Waals surface area contributed by atoms with E-state index in [2.05, 4.69) is 14.6 Å². The van der Waals surface area contributed by atoms with Gasteiger partial charge in [0, 0.05) is 13.6 Å². The lowest BCUT2D eigenvalue weighted by molar-refractivity contribution is 0.349. The highest BCUT2D eigenvalue weighted by molar-refractivity contribution is 7.71. The molecule has 0 aromatic carbocycles. The minimum Gasteiger partial charge on any atom is -0.328 e. The Morgan fingerprint density at radius 2 is 1.95 bits per heavy atom. The van der Waals surface area contributed by atoms with Crippen molar-refractivity contribution in [1.82, 2.24) is 19.3 Å². The fourth-order valence-corrected chi connectivity index (χ4v) is 3.75. The third-order valence-electron chi connectivity index (χ3n) is 4.77. The molecule has 0 bridgehead atoms. The first-order chi connectivity index (χ1) is 9.15. The topological polar surface area (TPSA) is 38.5 Å². The van der Waals surface area contributed by atoms with Crippen molar-refractivity contribution < 1.29 is 0 Å². The number of H-pyrrole nitrogens is 1. The lowest BCUT2D eigenvalue weighted by Gasteiger charge is -2.16. The molecule has 2 aromatic heterocycles. The van der Waals surface area contributed by atoms with Gasteiger partial charge in [-0.3, -0.25) is 4.68 Å². The monoisotopic (exact) mass is 276 g/mol. The summed E-state index contributed by atoms with van der Waals surface area (Å²) >= 11 is 5.52. The predicted molar refractivity (Wildman–Crippen MR) is 77.6 cm³/mol. The van der Waals surface area contributed by atoms with E-state index in [4.69, 9.17) is 12.2 Å². The van der Waals surface area contributed by atoms with Gasteiger partial charge in [0.2, 0.25) is 0 Å². The smallest absolute Gasteiger partial charge is 0.179 e. The molecule has 0 atom stereocenters. The Balaban J connectivity index is 1.77. The molecule has 2 heterocycles. The van der Waals surface area contributed by atoms with E-state index in [0.29, 0.717) is 0 Å². The largest absolute Gasteiger partial charge is 0.328 e. The Kier molecular flexibility index (Phi) is 2.43. The Hall–Kier alpha value is -1.10. The summed E-state index contributed by atoms with van der Waals surface area (Å²) in [6.07, 6.45) is 5.69. The third-order valence-corrected chi connectivity index (χ3v) is 5.10. The predicted octanol–water partition coefficient (Wildman–Crippen LogP) is 3.18. The van der Waals surface area contributed by atoms with Crippen LogP contribution in [-0.2, 0) is 13.6 Å². The summed E-state index contributed by atoms with van der Waals surface area (Å²) < 4.78 is 5.11. The summed E-state index contributed by atoms with van der Waals surface area (Å²) in [6.45, 7) is 3.12. The van der Waals surface area contributed by atoms with Gasteiger partial charge in [-0.2, -0.15) is 5.10 Å². The zero-order valence-electron chi connectivity index (χ0n) is 11.5. The molecule has 2 saturated carbocycles. The van der Waals surface area contributed by atoms with Crippen LogP contribution in [0.1, 0.15) is 31.4 Å². The summed E-state index contributed by atoms with van der Waals surface area (Å²) in [5.41, 5.74) is 3.31. The first kappa shape index (κ1) is 11.7. The SMILES string of the molecule is Cc1nn(C)c2c1[nH]c(=S)n2CC(C1CC1)C1CC1. The van der Waals surface area contributed by atoms with Gasteiger partial charge in [-0.1, -0.05) is 0 Å². The molecule has 2 fully saturated rings. The second-order valence-electron chi connectivity index (χ2n) is 6.29. The van der Waals surface area contributed by atoms with Crippen molar-refractivity contribution in [2.24, 2.45) is 24.8 Å². The average molecular weight is 276 g/mol. The molecule has 0 spiro atoms. The number of imidazole rings is 1. The lowest BCUT2D eigenvalue weighted by Crippen LogP contribution is -2.16. The fourth-order valence-electron chi connectivity index (χ4n) is 3.48. The van der Waals surface area contributed by atoms with Crippen LogP contribution in [-0.4, -0.2) is 19.3 Å². The van der Waals surface area contributed by atoms with Crippen LogP contribution >= 0.6 is 12.2 Å². The van der Waals surface area contributed by atoms with Crippen LogP contribution in [0.4, 0.5) is 0 Å². The molecule has 19 heavy (non-hydrogen) atoms. The summed E-state index contributed by atoms with van der Waals surface area (Å²) in [6, 6.07) is 0. The number of nitrogens with zero attached hydrogens (tertiary/aromatic N) is 3. The molecular formula is C14H20N4S. The molecule has 5 heteroatoms. The van der Waals surface area contributed by atoms with Crippen LogP contribution < -0.4 is 0 Å². The van der Waals surface area contributed by atoms with Gasteiger partial charge in [0.25, 0.3) is 0 Å². The van der Waals surface area contributed by atoms with E-state index in [1.165, 1.54) is 25.7 Å². The number of fused-ring (bicyclic) bond motifs is 1. The van der Waals surface area contributed by atoms with Crippen molar-refractivity contribution >= 4 is 23.4 Å². The minimum atomic E-state index is 0.834. The molecule has 2 aromatic rings. The number of hydrogen-bond donors (Lipinski definition) is 1. The van der Waals surface area contributed by atoms with Crippen molar-refractivity contribution in [3.8, 4) is 0 Å². The summed E-state index contributed by atoms with van der Waals surface area (Å²) in [5.74, 6) is 2.74. The zero-order valence-corrected chi connectivity index (χ0v) is 12.3. The molecule has 0 radical (unpaired) electrons. The number of hydrogen-bond acceptors (Lipinski definition) is 2. The quantitative estimate of drug-likeness (QED) is 0.871. The van der Waals surface area contributed by atoms with Crippen LogP contribution in [0.15, 0.2) is 0 Å². The Morgan fingerprint density at radius 3 is 2.53 bits per heavy atom.